The number of ether oxygens (including phenoxy) is 1. The molecule has 0 amide bonds. The Morgan fingerprint density at radius 3 is 3.07 bits per heavy atom. The molecule has 1 aromatic carbocycles. The van der Waals surface area contributed by atoms with Gasteiger partial charge in [-0.2, -0.15) is 0 Å². The van der Waals surface area contributed by atoms with Gasteiger partial charge in [0.05, 0.1) is 6.61 Å². The van der Waals surface area contributed by atoms with Gasteiger partial charge in [0.25, 0.3) is 0 Å². The molecule has 1 aromatic rings. The first-order chi connectivity index (χ1) is 6.84. The number of rotatable bonds is 5. The van der Waals surface area contributed by atoms with Crippen molar-refractivity contribution in [1.29, 1.82) is 0 Å². The average molecular weight is 191 g/mol. The number of terminal acetylenes is 1. The molecule has 0 atom stereocenters. The third kappa shape index (κ3) is 3.49. The van der Waals surface area contributed by atoms with Crippen LogP contribution in [0, 0.1) is 24.2 Å². The lowest BCUT2D eigenvalue weighted by atomic mass is 10.2. The van der Waals surface area contributed by atoms with Crippen molar-refractivity contribution in [3.8, 4) is 18.1 Å². The number of hydrogen-bond acceptors (Lipinski definition) is 1. The molecular formula is C12H12FO. The van der Waals surface area contributed by atoms with Gasteiger partial charge in [-0.1, -0.05) is 12.1 Å². The largest absolute Gasteiger partial charge is 0.490 e. The zero-order valence-corrected chi connectivity index (χ0v) is 7.92. The van der Waals surface area contributed by atoms with E-state index in [0.717, 1.165) is 19.3 Å². The van der Waals surface area contributed by atoms with Crippen LogP contribution >= 0.6 is 0 Å². The molecular weight excluding hydrogens is 179 g/mol. The highest BCUT2D eigenvalue weighted by Gasteiger charge is 2.00. The molecule has 0 N–H and O–H groups in total. The molecule has 1 rings (SSSR count). The molecule has 0 aliphatic rings. The maximum Gasteiger partial charge on any atom is 0.172 e. The fourth-order valence-electron chi connectivity index (χ4n) is 1.02. The maximum atomic E-state index is 13.0. The normalized spacial score (nSPS) is 9.43. The Kier molecular flexibility index (Phi) is 4.57. The molecule has 0 saturated heterocycles. The average Bonchev–Trinajstić information content (AvgIpc) is 2.20. The molecule has 0 aromatic heterocycles. The molecule has 0 fully saturated rings. The van der Waals surface area contributed by atoms with E-state index in [1.807, 2.05) is 0 Å². The molecule has 2 heteroatoms. The van der Waals surface area contributed by atoms with E-state index in [1.165, 1.54) is 6.07 Å². The minimum absolute atomic E-state index is 0.258. The van der Waals surface area contributed by atoms with Crippen LogP contribution in [0.25, 0.3) is 0 Å². The zero-order chi connectivity index (χ0) is 10.2. The van der Waals surface area contributed by atoms with Crippen LogP contribution in [0.1, 0.15) is 19.3 Å². The molecule has 73 valence electrons. The van der Waals surface area contributed by atoms with Gasteiger partial charge in [-0.25, -0.2) is 4.39 Å². The molecule has 0 aliphatic carbocycles. The molecule has 0 unspecified atom stereocenters. The molecule has 0 saturated carbocycles. The second-order valence-corrected chi connectivity index (χ2v) is 2.86. The standard InChI is InChI=1S/C12H12FO/c1-2-3-4-7-10-14-12-9-6-5-8-11(12)13/h1,5-6,9H,3-4,7,10H2. The summed E-state index contributed by atoms with van der Waals surface area (Å²) in [5.41, 5.74) is 0. The van der Waals surface area contributed by atoms with Crippen molar-refractivity contribution in [3.05, 3.63) is 30.1 Å². The summed E-state index contributed by atoms with van der Waals surface area (Å²) in [4.78, 5) is 0. The summed E-state index contributed by atoms with van der Waals surface area (Å²) >= 11 is 0. The van der Waals surface area contributed by atoms with E-state index in [0.29, 0.717) is 6.61 Å². The number of benzene rings is 1. The Hall–Kier alpha value is -1.49. The smallest absolute Gasteiger partial charge is 0.172 e. The van der Waals surface area contributed by atoms with Crippen molar-refractivity contribution in [2.45, 2.75) is 19.3 Å². The van der Waals surface area contributed by atoms with Gasteiger partial charge in [0, 0.05) is 12.5 Å². The molecule has 0 spiro atoms. The van der Waals surface area contributed by atoms with Crippen LogP contribution in [0.3, 0.4) is 0 Å². The van der Waals surface area contributed by atoms with Gasteiger partial charge in [0.1, 0.15) is 0 Å². The van der Waals surface area contributed by atoms with Gasteiger partial charge in [0.15, 0.2) is 11.6 Å². The first kappa shape index (κ1) is 10.6. The van der Waals surface area contributed by atoms with Crippen LogP contribution in [0.5, 0.6) is 5.75 Å². The van der Waals surface area contributed by atoms with Gasteiger partial charge in [0.2, 0.25) is 0 Å². The second-order valence-electron chi connectivity index (χ2n) is 2.86. The summed E-state index contributed by atoms with van der Waals surface area (Å²) < 4.78 is 18.2. The van der Waals surface area contributed by atoms with E-state index in [4.69, 9.17) is 11.2 Å². The Morgan fingerprint density at radius 2 is 2.36 bits per heavy atom. The molecule has 1 radical (unpaired) electrons. The molecule has 14 heavy (non-hydrogen) atoms. The molecule has 0 bridgehead atoms. The summed E-state index contributed by atoms with van der Waals surface area (Å²) in [5.74, 6) is 2.36. The third-order valence-electron chi connectivity index (χ3n) is 1.74. The Bertz CT molecular complexity index is 314. The predicted octanol–water partition coefficient (Wildman–Crippen LogP) is 2.81. The van der Waals surface area contributed by atoms with E-state index in [2.05, 4.69) is 12.0 Å². The minimum Gasteiger partial charge on any atom is -0.490 e. The maximum absolute atomic E-state index is 13.0. The van der Waals surface area contributed by atoms with Crippen LogP contribution < -0.4 is 4.74 Å². The Labute approximate surface area is 83.9 Å². The number of halogens is 1. The highest BCUT2D eigenvalue weighted by atomic mass is 19.1. The summed E-state index contributed by atoms with van der Waals surface area (Å²) in [6.45, 7) is 0.496. The van der Waals surface area contributed by atoms with E-state index in [1.54, 1.807) is 12.1 Å². The topological polar surface area (TPSA) is 9.23 Å². The summed E-state index contributed by atoms with van der Waals surface area (Å²) in [6, 6.07) is 7.23. The van der Waals surface area contributed by atoms with E-state index < -0.39 is 5.82 Å². The third-order valence-corrected chi connectivity index (χ3v) is 1.74. The zero-order valence-electron chi connectivity index (χ0n) is 7.92. The van der Waals surface area contributed by atoms with Crippen LogP contribution in [-0.4, -0.2) is 6.61 Å². The first-order valence-electron chi connectivity index (χ1n) is 4.57. The van der Waals surface area contributed by atoms with Gasteiger partial charge in [-0.3, -0.25) is 0 Å². The van der Waals surface area contributed by atoms with E-state index >= 15 is 0 Å². The van der Waals surface area contributed by atoms with Crippen LogP contribution in [-0.2, 0) is 0 Å². The Morgan fingerprint density at radius 1 is 1.50 bits per heavy atom. The van der Waals surface area contributed by atoms with Crippen molar-refractivity contribution in [3.63, 3.8) is 0 Å². The fraction of sp³-hybridized carbons (Fsp3) is 0.333. The van der Waals surface area contributed by atoms with Crippen molar-refractivity contribution in [2.75, 3.05) is 6.61 Å². The molecule has 1 nitrogen and oxygen atoms in total. The predicted molar refractivity (Wildman–Crippen MR) is 53.4 cm³/mol. The van der Waals surface area contributed by atoms with Crippen LogP contribution in [0.4, 0.5) is 4.39 Å². The summed E-state index contributed by atoms with van der Waals surface area (Å²) in [6.07, 6.45) is 7.59. The summed E-state index contributed by atoms with van der Waals surface area (Å²) in [7, 11) is 0. The molecule has 0 aliphatic heterocycles. The van der Waals surface area contributed by atoms with E-state index in [-0.39, 0.29) is 5.75 Å². The number of unbranched alkanes of at least 4 members (excludes halogenated alkanes) is 2. The van der Waals surface area contributed by atoms with Gasteiger partial charge >= 0.3 is 0 Å². The quantitative estimate of drug-likeness (QED) is 0.513. The lowest BCUT2D eigenvalue weighted by Crippen LogP contribution is -1.98. The lowest BCUT2D eigenvalue weighted by Gasteiger charge is -2.05. The van der Waals surface area contributed by atoms with Crippen LogP contribution in [0.2, 0.25) is 0 Å². The van der Waals surface area contributed by atoms with Gasteiger partial charge in [-0.05, 0) is 18.9 Å². The monoisotopic (exact) mass is 191 g/mol. The molecule has 0 heterocycles. The van der Waals surface area contributed by atoms with Gasteiger partial charge < -0.3 is 4.74 Å². The van der Waals surface area contributed by atoms with Crippen molar-refractivity contribution in [1.82, 2.24) is 0 Å². The SMILES string of the molecule is C#CCCCCOc1ccc[c]c1F. The first-order valence-corrected chi connectivity index (χ1v) is 4.57. The van der Waals surface area contributed by atoms with Crippen LogP contribution in [0.15, 0.2) is 18.2 Å². The van der Waals surface area contributed by atoms with Crippen molar-refractivity contribution < 1.29 is 9.13 Å². The van der Waals surface area contributed by atoms with Gasteiger partial charge in [-0.15, -0.1) is 12.3 Å². The second kappa shape index (κ2) is 6.04. The van der Waals surface area contributed by atoms with Crippen molar-refractivity contribution in [2.24, 2.45) is 0 Å². The van der Waals surface area contributed by atoms with Crippen molar-refractivity contribution >= 4 is 0 Å². The fourth-order valence-corrected chi connectivity index (χ4v) is 1.02. The lowest BCUT2D eigenvalue weighted by molar-refractivity contribution is 0.292. The summed E-state index contributed by atoms with van der Waals surface area (Å²) in [5, 5.41) is 0. The Balaban J connectivity index is 2.25. The highest BCUT2D eigenvalue weighted by molar-refractivity contribution is 5.22. The van der Waals surface area contributed by atoms with E-state index in [9.17, 15) is 4.39 Å². The number of hydrogen-bond donors (Lipinski definition) is 0. The minimum atomic E-state index is -0.440. The highest BCUT2D eigenvalue weighted by Crippen LogP contribution is 2.15.